The molecule has 0 bridgehead atoms. The maximum absolute atomic E-state index is 12.6. The topological polar surface area (TPSA) is 49.6 Å². The Labute approximate surface area is 118 Å². The lowest BCUT2D eigenvalue weighted by Gasteiger charge is -2.37. The quantitative estimate of drug-likeness (QED) is 0.798. The van der Waals surface area contributed by atoms with E-state index in [9.17, 15) is 4.79 Å². The number of carbonyl (C=O) groups excluding carboxylic acids is 1. The molecule has 0 atom stereocenters. The van der Waals surface area contributed by atoms with E-state index in [-0.39, 0.29) is 17.4 Å². The predicted octanol–water partition coefficient (Wildman–Crippen LogP) is 1.69. The second-order valence-electron chi connectivity index (χ2n) is 6.60. The van der Waals surface area contributed by atoms with E-state index in [2.05, 4.69) is 32.7 Å². The van der Waals surface area contributed by atoms with Crippen molar-refractivity contribution < 1.29 is 4.79 Å². The minimum atomic E-state index is -0.302. The van der Waals surface area contributed by atoms with Gasteiger partial charge in [-0.25, -0.2) is 0 Å². The third kappa shape index (κ3) is 5.11. The molecular weight excluding hydrogens is 238 g/mol. The minimum Gasteiger partial charge on any atom is -0.342 e. The second kappa shape index (κ2) is 7.25. The van der Waals surface area contributed by atoms with Crippen LogP contribution < -0.4 is 5.73 Å². The summed E-state index contributed by atoms with van der Waals surface area (Å²) in [5, 5.41) is 0. The number of nitrogens with zero attached hydrogens (tertiary/aromatic N) is 2. The third-order valence-corrected chi connectivity index (χ3v) is 3.96. The zero-order chi connectivity index (χ0) is 14.5. The zero-order valence-electron chi connectivity index (χ0n) is 13.1. The number of hydrogen-bond donors (Lipinski definition) is 1. The van der Waals surface area contributed by atoms with Crippen LogP contribution >= 0.6 is 0 Å². The molecule has 1 amide bonds. The number of amides is 1. The predicted molar refractivity (Wildman–Crippen MR) is 80.0 cm³/mol. The van der Waals surface area contributed by atoms with Crippen molar-refractivity contribution in [3.05, 3.63) is 0 Å². The number of likely N-dealkylation sites (tertiary alicyclic amines) is 1. The molecule has 1 saturated heterocycles. The van der Waals surface area contributed by atoms with E-state index in [1.54, 1.807) is 0 Å². The Morgan fingerprint density at radius 2 is 1.95 bits per heavy atom. The monoisotopic (exact) mass is 269 g/mol. The van der Waals surface area contributed by atoms with Crippen molar-refractivity contribution in [2.45, 2.75) is 52.5 Å². The van der Waals surface area contributed by atoms with Gasteiger partial charge in [-0.15, -0.1) is 0 Å². The fourth-order valence-corrected chi connectivity index (χ4v) is 2.78. The van der Waals surface area contributed by atoms with E-state index >= 15 is 0 Å². The molecule has 1 rings (SSSR count). The number of carbonyl (C=O) groups is 1. The second-order valence-corrected chi connectivity index (χ2v) is 6.60. The number of rotatable bonds is 6. The SMILES string of the molecule is CCCCN(C)CC(C)(C)C(=O)N1CCC(N)CC1. The third-order valence-electron chi connectivity index (χ3n) is 3.96. The molecule has 2 N–H and O–H groups in total. The average molecular weight is 269 g/mol. The van der Waals surface area contributed by atoms with Crippen LogP contribution in [0.5, 0.6) is 0 Å². The molecule has 0 aliphatic carbocycles. The van der Waals surface area contributed by atoms with Crippen molar-refractivity contribution in [2.24, 2.45) is 11.1 Å². The first-order valence-electron chi connectivity index (χ1n) is 7.60. The first kappa shape index (κ1) is 16.4. The van der Waals surface area contributed by atoms with E-state index in [0.717, 1.165) is 39.0 Å². The highest BCUT2D eigenvalue weighted by Gasteiger charge is 2.34. The molecule has 4 nitrogen and oxygen atoms in total. The van der Waals surface area contributed by atoms with Gasteiger partial charge in [-0.2, -0.15) is 0 Å². The number of unbranched alkanes of at least 4 members (excludes halogenated alkanes) is 1. The smallest absolute Gasteiger partial charge is 0.229 e. The lowest BCUT2D eigenvalue weighted by atomic mass is 9.89. The Balaban J connectivity index is 2.48. The van der Waals surface area contributed by atoms with Crippen LogP contribution in [0.25, 0.3) is 0 Å². The van der Waals surface area contributed by atoms with Crippen molar-refractivity contribution in [1.29, 1.82) is 0 Å². The van der Waals surface area contributed by atoms with E-state index < -0.39 is 0 Å². The van der Waals surface area contributed by atoms with Crippen molar-refractivity contribution >= 4 is 5.91 Å². The van der Waals surface area contributed by atoms with Crippen LogP contribution in [0.1, 0.15) is 46.5 Å². The molecule has 1 fully saturated rings. The molecule has 112 valence electrons. The molecule has 0 aromatic heterocycles. The van der Waals surface area contributed by atoms with Crippen molar-refractivity contribution in [2.75, 3.05) is 33.2 Å². The van der Waals surface area contributed by atoms with Gasteiger partial charge in [-0.3, -0.25) is 4.79 Å². The number of nitrogens with two attached hydrogens (primary N) is 1. The molecule has 0 radical (unpaired) electrons. The van der Waals surface area contributed by atoms with Gasteiger partial charge in [0, 0.05) is 25.7 Å². The highest BCUT2D eigenvalue weighted by atomic mass is 16.2. The summed E-state index contributed by atoms with van der Waals surface area (Å²) in [7, 11) is 2.11. The van der Waals surface area contributed by atoms with Gasteiger partial charge in [0.2, 0.25) is 5.91 Å². The van der Waals surface area contributed by atoms with Crippen LogP contribution in [0.3, 0.4) is 0 Å². The molecule has 0 aromatic carbocycles. The molecule has 0 saturated carbocycles. The molecule has 0 unspecified atom stereocenters. The maximum Gasteiger partial charge on any atom is 0.229 e. The Morgan fingerprint density at radius 1 is 1.37 bits per heavy atom. The Hall–Kier alpha value is -0.610. The van der Waals surface area contributed by atoms with Crippen molar-refractivity contribution in [1.82, 2.24) is 9.80 Å². The van der Waals surface area contributed by atoms with E-state index in [0.29, 0.717) is 0 Å². The Bertz CT molecular complexity index is 283. The molecular formula is C15H31N3O. The van der Waals surface area contributed by atoms with Crippen LogP contribution in [0, 0.1) is 5.41 Å². The summed E-state index contributed by atoms with van der Waals surface area (Å²) in [5.41, 5.74) is 5.59. The van der Waals surface area contributed by atoms with Gasteiger partial charge < -0.3 is 15.5 Å². The molecule has 19 heavy (non-hydrogen) atoms. The summed E-state index contributed by atoms with van der Waals surface area (Å²) in [4.78, 5) is 16.9. The van der Waals surface area contributed by atoms with Gasteiger partial charge in [0.25, 0.3) is 0 Å². The summed E-state index contributed by atoms with van der Waals surface area (Å²) in [6, 6.07) is 0.277. The summed E-state index contributed by atoms with van der Waals surface area (Å²) >= 11 is 0. The van der Waals surface area contributed by atoms with Gasteiger partial charge in [0.05, 0.1) is 5.41 Å². The van der Waals surface area contributed by atoms with Gasteiger partial charge in [-0.05, 0) is 46.7 Å². The zero-order valence-corrected chi connectivity index (χ0v) is 13.1. The maximum atomic E-state index is 12.6. The molecule has 1 aliphatic rings. The molecule has 0 spiro atoms. The summed E-state index contributed by atoms with van der Waals surface area (Å²) in [6.07, 6.45) is 4.27. The van der Waals surface area contributed by atoms with Crippen molar-refractivity contribution in [3.63, 3.8) is 0 Å². The van der Waals surface area contributed by atoms with Crippen LogP contribution in [0.2, 0.25) is 0 Å². The fraction of sp³-hybridized carbons (Fsp3) is 0.933. The number of piperidine rings is 1. The Kier molecular flexibility index (Phi) is 6.27. The van der Waals surface area contributed by atoms with Gasteiger partial charge in [-0.1, -0.05) is 13.3 Å². The fourth-order valence-electron chi connectivity index (χ4n) is 2.78. The first-order valence-corrected chi connectivity index (χ1v) is 7.60. The largest absolute Gasteiger partial charge is 0.342 e. The normalized spacial score (nSPS) is 18.1. The van der Waals surface area contributed by atoms with E-state index in [1.807, 2.05) is 4.90 Å². The summed E-state index contributed by atoms with van der Waals surface area (Å²) in [6.45, 7) is 9.86. The molecule has 1 heterocycles. The van der Waals surface area contributed by atoms with Crippen LogP contribution in [-0.4, -0.2) is 55.0 Å². The highest BCUT2D eigenvalue weighted by Crippen LogP contribution is 2.22. The Morgan fingerprint density at radius 3 is 2.47 bits per heavy atom. The van der Waals surface area contributed by atoms with Crippen LogP contribution in [0.15, 0.2) is 0 Å². The first-order chi connectivity index (χ1) is 8.86. The van der Waals surface area contributed by atoms with E-state index in [1.165, 1.54) is 12.8 Å². The minimum absolute atomic E-state index is 0.277. The number of hydrogen-bond acceptors (Lipinski definition) is 3. The summed E-state index contributed by atoms with van der Waals surface area (Å²) < 4.78 is 0. The standard InChI is InChI=1S/C15H31N3O/c1-5-6-9-17(4)12-15(2,3)14(19)18-10-7-13(16)8-11-18/h13H,5-12,16H2,1-4H3. The highest BCUT2D eigenvalue weighted by molar-refractivity contribution is 5.82. The molecule has 4 heteroatoms. The van der Waals surface area contributed by atoms with Gasteiger partial charge in [0.1, 0.15) is 0 Å². The average Bonchev–Trinajstić information content (AvgIpc) is 2.36. The molecule has 0 aromatic rings. The lowest BCUT2D eigenvalue weighted by molar-refractivity contribution is -0.142. The molecule has 1 aliphatic heterocycles. The van der Waals surface area contributed by atoms with Crippen LogP contribution in [0.4, 0.5) is 0 Å². The van der Waals surface area contributed by atoms with Crippen molar-refractivity contribution in [3.8, 4) is 0 Å². The van der Waals surface area contributed by atoms with Gasteiger partial charge >= 0.3 is 0 Å². The van der Waals surface area contributed by atoms with E-state index in [4.69, 9.17) is 5.73 Å². The van der Waals surface area contributed by atoms with Gasteiger partial charge in [0.15, 0.2) is 0 Å². The summed E-state index contributed by atoms with van der Waals surface area (Å²) in [5.74, 6) is 0.280. The lowest BCUT2D eigenvalue weighted by Crippen LogP contribution is -2.50. The van der Waals surface area contributed by atoms with Crippen LogP contribution in [-0.2, 0) is 4.79 Å².